The van der Waals surface area contributed by atoms with Crippen molar-refractivity contribution in [2.24, 2.45) is 0 Å². The second kappa shape index (κ2) is 7.73. The first-order valence-electron chi connectivity index (χ1n) is 7.95. The number of aryl methyl sites for hydroxylation is 1. The van der Waals surface area contributed by atoms with Gasteiger partial charge < -0.3 is 10.6 Å². The topological polar surface area (TPSA) is 93.0 Å². The van der Waals surface area contributed by atoms with Gasteiger partial charge in [-0.3, -0.25) is 10.1 Å². The molecule has 0 radical (unpaired) electrons. The Morgan fingerprint density at radius 2 is 1.78 bits per heavy atom. The molecule has 1 aromatic heterocycles. The fraction of sp³-hybridized carbons (Fsp3) is 0.111. The van der Waals surface area contributed by atoms with E-state index in [1.54, 1.807) is 0 Å². The summed E-state index contributed by atoms with van der Waals surface area (Å²) >= 11 is 0. The molecule has 3 rings (SSSR count). The molecule has 0 saturated heterocycles. The van der Waals surface area contributed by atoms with Gasteiger partial charge in [0.2, 0.25) is 11.6 Å². The molecule has 0 aliphatic rings. The Kier molecular flexibility index (Phi) is 5.20. The molecular formula is C18H15F2N5O2. The van der Waals surface area contributed by atoms with E-state index in [0.717, 1.165) is 35.7 Å². The van der Waals surface area contributed by atoms with Gasteiger partial charge in [-0.05, 0) is 24.6 Å². The molecule has 1 heterocycles. The third-order valence-corrected chi connectivity index (χ3v) is 3.77. The molecule has 0 saturated carbocycles. The van der Waals surface area contributed by atoms with Crippen molar-refractivity contribution in [2.45, 2.75) is 13.5 Å². The number of benzene rings is 2. The zero-order chi connectivity index (χ0) is 19.4. The molecule has 2 aromatic carbocycles. The minimum absolute atomic E-state index is 0.0325. The van der Waals surface area contributed by atoms with Gasteiger partial charge in [0, 0.05) is 12.6 Å². The minimum Gasteiger partial charge on any atom is -0.360 e. The van der Waals surface area contributed by atoms with Crippen LogP contribution in [-0.4, -0.2) is 14.9 Å². The van der Waals surface area contributed by atoms with E-state index in [4.69, 9.17) is 0 Å². The predicted octanol–water partition coefficient (Wildman–Crippen LogP) is 4.33. The van der Waals surface area contributed by atoms with Crippen LogP contribution in [0.2, 0.25) is 0 Å². The van der Waals surface area contributed by atoms with E-state index < -0.39 is 22.2 Å². The van der Waals surface area contributed by atoms with E-state index in [1.165, 1.54) is 0 Å². The Hall–Kier alpha value is -3.62. The van der Waals surface area contributed by atoms with Gasteiger partial charge >= 0.3 is 5.69 Å². The highest BCUT2D eigenvalue weighted by Crippen LogP contribution is 2.32. The van der Waals surface area contributed by atoms with Crippen molar-refractivity contribution in [3.8, 4) is 0 Å². The number of hydrogen-bond acceptors (Lipinski definition) is 6. The van der Waals surface area contributed by atoms with E-state index >= 15 is 0 Å². The molecule has 2 N–H and O–H groups in total. The maximum atomic E-state index is 13.8. The predicted molar refractivity (Wildman–Crippen MR) is 96.8 cm³/mol. The number of rotatable bonds is 6. The first-order chi connectivity index (χ1) is 12.9. The van der Waals surface area contributed by atoms with Crippen LogP contribution in [0, 0.1) is 28.7 Å². The first kappa shape index (κ1) is 18.2. The highest BCUT2D eigenvalue weighted by Gasteiger charge is 2.23. The Morgan fingerprint density at radius 1 is 1.07 bits per heavy atom. The average Bonchev–Trinajstić information content (AvgIpc) is 2.64. The molecule has 3 aromatic rings. The molecular weight excluding hydrogens is 356 g/mol. The summed E-state index contributed by atoms with van der Waals surface area (Å²) in [7, 11) is 0. The average molecular weight is 371 g/mol. The molecule has 0 aliphatic carbocycles. The van der Waals surface area contributed by atoms with Crippen LogP contribution in [0.25, 0.3) is 0 Å². The van der Waals surface area contributed by atoms with Crippen LogP contribution in [-0.2, 0) is 6.54 Å². The summed E-state index contributed by atoms with van der Waals surface area (Å²) in [6, 6.07) is 10.4. The van der Waals surface area contributed by atoms with Crippen molar-refractivity contribution in [3.63, 3.8) is 0 Å². The van der Waals surface area contributed by atoms with Crippen LogP contribution < -0.4 is 10.6 Å². The number of halogens is 2. The van der Waals surface area contributed by atoms with Crippen molar-refractivity contribution in [3.05, 3.63) is 81.7 Å². The third-order valence-electron chi connectivity index (χ3n) is 3.77. The van der Waals surface area contributed by atoms with Crippen LogP contribution in [0.1, 0.15) is 11.1 Å². The quantitative estimate of drug-likeness (QED) is 0.495. The van der Waals surface area contributed by atoms with Crippen LogP contribution >= 0.6 is 0 Å². The molecule has 9 heteroatoms. The molecule has 0 unspecified atom stereocenters. The van der Waals surface area contributed by atoms with Gasteiger partial charge in [-0.25, -0.2) is 18.7 Å². The zero-order valence-electron chi connectivity index (χ0n) is 14.2. The molecule has 0 bridgehead atoms. The van der Waals surface area contributed by atoms with Gasteiger partial charge in [-0.1, -0.05) is 29.8 Å². The molecule has 0 aliphatic heterocycles. The van der Waals surface area contributed by atoms with Gasteiger partial charge in [0.15, 0.2) is 0 Å². The van der Waals surface area contributed by atoms with E-state index in [-0.39, 0.29) is 17.3 Å². The summed E-state index contributed by atoms with van der Waals surface area (Å²) in [6.45, 7) is 2.25. The van der Waals surface area contributed by atoms with Crippen LogP contribution in [0.3, 0.4) is 0 Å². The van der Waals surface area contributed by atoms with Gasteiger partial charge in [0.05, 0.1) is 10.6 Å². The summed E-state index contributed by atoms with van der Waals surface area (Å²) in [6.07, 6.45) is 1.10. The SMILES string of the molecule is Cc1ccc(CNc2ncnc(Nc3cc(F)ccc3F)c2[N+](=O)[O-])cc1. The molecule has 0 spiro atoms. The van der Waals surface area contributed by atoms with Crippen molar-refractivity contribution in [1.29, 1.82) is 0 Å². The van der Waals surface area contributed by atoms with Gasteiger partial charge in [0.25, 0.3) is 0 Å². The molecule has 27 heavy (non-hydrogen) atoms. The van der Waals surface area contributed by atoms with E-state index in [1.807, 2.05) is 31.2 Å². The number of aromatic nitrogens is 2. The minimum atomic E-state index is -0.765. The summed E-state index contributed by atoms with van der Waals surface area (Å²) in [4.78, 5) is 18.5. The first-order valence-corrected chi connectivity index (χ1v) is 7.95. The molecule has 0 amide bonds. The Bertz CT molecular complexity index is 980. The lowest BCUT2D eigenvalue weighted by molar-refractivity contribution is -0.383. The maximum absolute atomic E-state index is 13.8. The standard InChI is InChI=1S/C18H15F2N5O2/c1-11-2-4-12(5-3-11)9-21-17-16(25(26)27)18(23-10-22-17)24-15-8-13(19)6-7-14(15)20/h2-8,10H,9H2,1H3,(H2,21,22,23,24). The largest absolute Gasteiger partial charge is 0.360 e. The highest BCUT2D eigenvalue weighted by atomic mass is 19.1. The maximum Gasteiger partial charge on any atom is 0.353 e. The number of nitrogens with one attached hydrogen (secondary N) is 2. The highest BCUT2D eigenvalue weighted by molar-refractivity contribution is 5.73. The molecule has 7 nitrogen and oxygen atoms in total. The number of anilines is 3. The van der Waals surface area contributed by atoms with Crippen molar-refractivity contribution >= 4 is 23.0 Å². The van der Waals surface area contributed by atoms with E-state index in [0.29, 0.717) is 6.54 Å². The lowest BCUT2D eigenvalue weighted by Gasteiger charge is -2.11. The van der Waals surface area contributed by atoms with Gasteiger partial charge in [-0.15, -0.1) is 0 Å². The molecule has 0 fully saturated rings. The van der Waals surface area contributed by atoms with Crippen LogP contribution in [0.15, 0.2) is 48.8 Å². The third kappa shape index (κ3) is 4.32. The summed E-state index contributed by atoms with van der Waals surface area (Å²) in [5.41, 5.74) is 1.27. The fourth-order valence-electron chi connectivity index (χ4n) is 2.39. The van der Waals surface area contributed by atoms with Gasteiger partial charge in [-0.2, -0.15) is 0 Å². The van der Waals surface area contributed by atoms with E-state index in [2.05, 4.69) is 20.6 Å². The zero-order valence-corrected chi connectivity index (χ0v) is 14.2. The lowest BCUT2D eigenvalue weighted by Crippen LogP contribution is -2.08. The monoisotopic (exact) mass is 371 g/mol. The van der Waals surface area contributed by atoms with Crippen LogP contribution in [0.4, 0.5) is 31.8 Å². The van der Waals surface area contributed by atoms with Gasteiger partial charge in [0.1, 0.15) is 18.0 Å². The second-order valence-electron chi connectivity index (χ2n) is 5.76. The van der Waals surface area contributed by atoms with E-state index in [9.17, 15) is 18.9 Å². The number of nitrogens with zero attached hydrogens (tertiary/aromatic N) is 3. The Morgan fingerprint density at radius 3 is 2.48 bits per heavy atom. The fourth-order valence-corrected chi connectivity index (χ4v) is 2.39. The molecule has 138 valence electrons. The van der Waals surface area contributed by atoms with Crippen molar-refractivity contribution < 1.29 is 13.7 Å². The summed E-state index contributed by atoms with van der Waals surface area (Å²) < 4.78 is 27.2. The summed E-state index contributed by atoms with van der Waals surface area (Å²) in [5.74, 6) is -1.73. The van der Waals surface area contributed by atoms with Crippen molar-refractivity contribution in [2.75, 3.05) is 10.6 Å². The van der Waals surface area contributed by atoms with Crippen LogP contribution in [0.5, 0.6) is 0 Å². The number of nitro groups is 1. The normalized spacial score (nSPS) is 10.5. The summed E-state index contributed by atoms with van der Waals surface area (Å²) in [5, 5.41) is 16.9. The molecule has 0 atom stereocenters. The smallest absolute Gasteiger partial charge is 0.353 e. The second-order valence-corrected chi connectivity index (χ2v) is 5.76. The Balaban J connectivity index is 1.89. The Labute approximate surface area is 153 Å². The lowest BCUT2D eigenvalue weighted by atomic mass is 10.1. The van der Waals surface area contributed by atoms with Crippen molar-refractivity contribution in [1.82, 2.24) is 9.97 Å². The number of hydrogen-bond donors (Lipinski definition) is 2.